The molecule has 0 unspecified atom stereocenters. The van der Waals surface area contributed by atoms with Crippen molar-refractivity contribution in [3.8, 4) is 11.4 Å². The maximum atomic E-state index is 11.9. The van der Waals surface area contributed by atoms with Crippen molar-refractivity contribution in [2.45, 2.75) is 25.2 Å². The summed E-state index contributed by atoms with van der Waals surface area (Å²) in [5.41, 5.74) is 3.53. The molecule has 2 aromatic heterocycles. The summed E-state index contributed by atoms with van der Waals surface area (Å²) in [4.78, 5) is 20.8. The molecule has 3 rings (SSSR count). The van der Waals surface area contributed by atoms with Crippen LogP contribution in [0, 0.1) is 0 Å². The summed E-state index contributed by atoms with van der Waals surface area (Å²) in [7, 11) is 1.43. The predicted molar refractivity (Wildman–Crippen MR) is 75.2 cm³/mol. The van der Waals surface area contributed by atoms with Crippen LogP contribution in [-0.4, -0.2) is 23.0 Å². The topological polar surface area (TPSA) is 52.1 Å². The number of fused-ring (bicyclic) bond motifs is 3. The summed E-state index contributed by atoms with van der Waals surface area (Å²) in [6.07, 6.45) is 4.65. The third kappa shape index (κ3) is 1.64. The van der Waals surface area contributed by atoms with E-state index in [0.29, 0.717) is 6.42 Å². The molecule has 0 saturated carbocycles. The monoisotopic (exact) mass is 268 g/mol. The summed E-state index contributed by atoms with van der Waals surface area (Å²) in [6, 6.07) is 7.89. The fourth-order valence-electron chi connectivity index (χ4n) is 3.12. The van der Waals surface area contributed by atoms with Crippen LogP contribution in [0.2, 0.25) is 0 Å². The van der Waals surface area contributed by atoms with Crippen molar-refractivity contribution >= 4 is 5.97 Å². The molecular weight excluding hydrogens is 252 g/mol. The van der Waals surface area contributed by atoms with Crippen LogP contribution in [0.4, 0.5) is 0 Å². The lowest BCUT2D eigenvalue weighted by Gasteiger charge is -2.28. The van der Waals surface area contributed by atoms with E-state index < -0.39 is 0 Å². The Bertz CT molecular complexity index is 622. The highest BCUT2D eigenvalue weighted by Gasteiger charge is 2.45. The molecule has 0 bridgehead atoms. The summed E-state index contributed by atoms with van der Waals surface area (Å²) in [5.74, 6) is -0.210. The smallest absolute Gasteiger partial charge is 0.306 e. The van der Waals surface area contributed by atoms with E-state index >= 15 is 0 Å². The molecule has 0 atom stereocenters. The quantitative estimate of drug-likeness (QED) is 0.803. The van der Waals surface area contributed by atoms with Gasteiger partial charge < -0.3 is 4.74 Å². The van der Waals surface area contributed by atoms with Gasteiger partial charge in [-0.25, -0.2) is 0 Å². The van der Waals surface area contributed by atoms with Crippen molar-refractivity contribution in [2.24, 2.45) is 0 Å². The molecule has 20 heavy (non-hydrogen) atoms. The molecule has 4 nitrogen and oxygen atoms in total. The first kappa shape index (κ1) is 12.8. The molecule has 0 spiro atoms. The average Bonchev–Trinajstić information content (AvgIpc) is 2.79. The first-order chi connectivity index (χ1) is 9.73. The van der Waals surface area contributed by atoms with E-state index in [1.807, 2.05) is 24.3 Å². The van der Waals surface area contributed by atoms with Gasteiger partial charge >= 0.3 is 5.97 Å². The van der Waals surface area contributed by atoms with Gasteiger partial charge in [0.25, 0.3) is 0 Å². The molecule has 0 saturated heterocycles. The molecule has 0 fully saturated rings. The number of aromatic nitrogens is 2. The van der Waals surface area contributed by atoms with Crippen LogP contribution in [-0.2, 0) is 14.9 Å². The van der Waals surface area contributed by atoms with E-state index in [0.717, 1.165) is 28.9 Å². The number of hydrogen-bond acceptors (Lipinski definition) is 4. The minimum absolute atomic E-state index is 0.210. The van der Waals surface area contributed by atoms with Crippen LogP contribution in [0.25, 0.3) is 11.4 Å². The zero-order valence-corrected chi connectivity index (χ0v) is 11.6. The number of carbonyl (C=O) groups is 1. The van der Waals surface area contributed by atoms with Gasteiger partial charge in [-0.15, -0.1) is 0 Å². The van der Waals surface area contributed by atoms with Crippen molar-refractivity contribution < 1.29 is 9.53 Å². The van der Waals surface area contributed by atoms with E-state index in [4.69, 9.17) is 4.74 Å². The van der Waals surface area contributed by atoms with Gasteiger partial charge in [0.1, 0.15) is 0 Å². The maximum Gasteiger partial charge on any atom is 0.306 e. The fraction of sp³-hybridized carbons (Fsp3) is 0.312. The number of esters is 1. The zero-order valence-electron chi connectivity index (χ0n) is 11.6. The Labute approximate surface area is 117 Å². The number of methoxy groups -OCH3 is 1. The van der Waals surface area contributed by atoms with Crippen LogP contribution < -0.4 is 0 Å². The van der Waals surface area contributed by atoms with Crippen LogP contribution in [0.1, 0.15) is 30.9 Å². The Morgan fingerprint density at radius 1 is 1.15 bits per heavy atom. The molecule has 2 aromatic rings. The Hall–Kier alpha value is -2.23. The third-order valence-electron chi connectivity index (χ3n) is 4.15. The second-order valence-corrected chi connectivity index (χ2v) is 4.99. The molecule has 102 valence electrons. The van der Waals surface area contributed by atoms with Gasteiger partial charge in [0.2, 0.25) is 0 Å². The van der Waals surface area contributed by atoms with Crippen molar-refractivity contribution in [3.63, 3.8) is 0 Å². The second kappa shape index (κ2) is 4.71. The van der Waals surface area contributed by atoms with Gasteiger partial charge in [0, 0.05) is 17.8 Å². The summed E-state index contributed by atoms with van der Waals surface area (Å²) in [5, 5.41) is 0. The van der Waals surface area contributed by atoms with Gasteiger partial charge in [0.15, 0.2) is 0 Å². The molecule has 4 heteroatoms. The second-order valence-electron chi connectivity index (χ2n) is 4.99. The molecule has 0 amide bonds. The van der Waals surface area contributed by atoms with E-state index in [1.165, 1.54) is 7.11 Å². The molecular formula is C16H16N2O2. The lowest BCUT2D eigenvalue weighted by Crippen LogP contribution is -2.28. The van der Waals surface area contributed by atoms with Crippen molar-refractivity contribution in [1.82, 2.24) is 9.97 Å². The number of hydrogen-bond donors (Lipinski definition) is 0. The average molecular weight is 268 g/mol. The minimum atomic E-state index is -0.375. The Morgan fingerprint density at radius 3 is 2.15 bits per heavy atom. The highest BCUT2D eigenvalue weighted by atomic mass is 16.5. The van der Waals surface area contributed by atoms with E-state index in [1.54, 1.807) is 12.4 Å². The first-order valence-corrected chi connectivity index (χ1v) is 6.71. The van der Waals surface area contributed by atoms with Gasteiger partial charge in [-0.05, 0) is 29.7 Å². The van der Waals surface area contributed by atoms with Crippen LogP contribution >= 0.6 is 0 Å². The number of nitrogens with zero attached hydrogens (tertiary/aromatic N) is 2. The number of carbonyl (C=O) groups excluding carboxylic acids is 1. The zero-order chi connectivity index (χ0) is 14.2. The SMILES string of the molecule is CCC1(CC(=O)OC)c2cccnc2-c2ncccc21. The lowest BCUT2D eigenvalue weighted by molar-refractivity contribution is -0.141. The number of ether oxygens (including phenoxy) is 1. The largest absolute Gasteiger partial charge is 0.469 e. The van der Waals surface area contributed by atoms with Crippen molar-refractivity contribution in [3.05, 3.63) is 47.8 Å². The molecule has 0 radical (unpaired) electrons. The molecule has 2 heterocycles. The first-order valence-electron chi connectivity index (χ1n) is 6.71. The fourth-order valence-corrected chi connectivity index (χ4v) is 3.12. The highest BCUT2D eigenvalue weighted by Crippen LogP contribution is 2.50. The van der Waals surface area contributed by atoms with E-state index in [-0.39, 0.29) is 11.4 Å². The van der Waals surface area contributed by atoms with Gasteiger partial charge in [-0.1, -0.05) is 19.1 Å². The van der Waals surface area contributed by atoms with Crippen molar-refractivity contribution in [2.75, 3.05) is 7.11 Å². The lowest BCUT2D eigenvalue weighted by atomic mass is 9.74. The number of rotatable bonds is 3. The van der Waals surface area contributed by atoms with E-state index in [2.05, 4.69) is 16.9 Å². The molecule has 0 aliphatic heterocycles. The van der Waals surface area contributed by atoms with Crippen LogP contribution in [0.3, 0.4) is 0 Å². The Morgan fingerprint density at radius 2 is 1.70 bits per heavy atom. The van der Waals surface area contributed by atoms with E-state index in [9.17, 15) is 4.79 Å². The molecule has 1 aliphatic rings. The Kier molecular flexibility index (Phi) is 3.01. The number of pyridine rings is 2. The summed E-state index contributed by atoms with van der Waals surface area (Å²) < 4.78 is 4.89. The summed E-state index contributed by atoms with van der Waals surface area (Å²) in [6.45, 7) is 2.09. The predicted octanol–water partition coefficient (Wildman–Crippen LogP) is 2.72. The standard InChI is InChI=1S/C16H16N2O2/c1-3-16(10-13(19)20-2)11-6-4-8-17-14(11)15-12(16)7-5-9-18-15/h4-9H,3,10H2,1-2H3. The maximum absolute atomic E-state index is 11.9. The molecule has 0 N–H and O–H groups in total. The van der Waals surface area contributed by atoms with Crippen molar-refractivity contribution in [1.29, 1.82) is 0 Å². The van der Waals surface area contributed by atoms with Gasteiger partial charge in [0.05, 0.1) is 24.9 Å². The molecule has 1 aliphatic carbocycles. The minimum Gasteiger partial charge on any atom is -0.469 e. The normalized spacial score (nSPS) is 14.5. The third-order valence-corrected chi connectivity index (χ3v) is 4.15. The highest BCUT2D eigenvalue weighted by molar-refractivity contribution is 5.80. The van der Waals surface area contributed by atoms with Crippen LogP contribution in [0.15, 0.2) is 36.7 Å². The Balaban J connectivity index is 2.26. The molecule has 0 aromatic carbocycles. The van der Waals surface area contributed by atoms with Crippen LogP contribution in [0.5, 0.6) is 0 Å². The van der Waals surface area contributed by atoms with Gasteiger partial charge in [-0.3, -0.25) is 14.8 Å². The van der Waals surface area contributed by atoms with Gasteiger partial charge in [-0.2, -0.15) is 0 Å². The summed E-state index contributed by atoms with van der Waals surface area (Å²) >= 11 is 0.